The summed E-state index contributed by atoms with van der Waals surface area (Å²) in [5, 5.41) is 0. The van der Waals surface area contributed by atoms with Crippen LogP contribution in [-0.2, 0) is 11.3 Å². The second-order valence-electron chi connectivity index (χ2n) is 3.82. The maximum atomic E-state index is 11.8. The van der Waals surface area contributed by atoms with E-state index in [0.717, 1.165) is 4.88 Å². The SMILES string of the molecule is CC(C)N(Cc1cncs1)C(=O)[C@H](C)N. The summed E-state index contributed by atoms with van der Waals surface area (Å²) in [7, 11) is 0. The predicted octanol–water partition coefficient (Wildman–Crippen LogP) is 1.23. The Bertz CT molecular complexity index is 308. The van der Waals surface area contributed by atoms with Crippen LogP contribution < -0.4 is 5.73 Å². The number of nitrogens with two attached hydrogens (primary N) is 1. The van der Waals surface area contributed by atoms with E-state index in [1.807, 2.05) is 13.8 Å². The molecule has 4 nitrogen and oxygen atoms in total. The summed E-state index contributed by atoms with van der Waals surface area (Å²) in [5.74, 6) is -0.0154. The molecule has 0 aliphatic carbocycles. The Balaban J connectivity index is 2.71. The first kappa shape index (κ1) is 12.1. The number of hydrogen-bond donors (Lipinski definition) is 1. The lowest BCUT2D eigenvalue weighted by molar-refractivity contribution is -0.134. The third kappa shape index (κ3) is 3.28. The minimum Gasteiger partial charge on any atom is -0.334 e. The molecule has 84 valence electrons. The van der Waals surface area contributed by atoms with E-state index in [1.165, 1.54) is 0 Å². The van der Waals surface area contributed by atoms with Crippen LogP contribution in [0, 0.1) is 0 Å². The van der Waals surface area contributed by atoms with Crippen LogP contribution >= 0.6 is 11.3 Å². The number of carbonyl (C=O) groups is 1. The van der Waals surface area contributed by atoms with Crippen LogP contribution in [-0.4, -0.2) is 27.9 Å². The highest BCUT2D eigenvalue weighted by molar-refractivity contribution is 7.09. The van der Waals surface area contributed by atoms with Gasteiger partial charge in [-0.05, 0) is 20.8 Å². The monoisotopic (exact) mass is 227 g/mol. The molecule has 1 heterocycles. The van der Waals surface area contributed by atoms with Crippen LogP contribution in [0.4, 0.5) is 0 Å². The summed E-state index contributed by atoms with van der Waals surface area (Å²) in [5.41, 5.74) is 7.37. The van der Waals surface area contributed by atoms with Gasteiger partial charge >= 0.3 is 0 Å². The van der Waals surface area contributed by atoms with Crippen LogP contribution in [0.1, 0.15) is 25.6 Å². The number of rotatable bonds is 4. The molecule has 1 atom stereocenters. The lowest BCUT2D eigenvalue weighted by Gasteiger charge is -2.27. The molecular weight excluding hydrogens is 210 g/mol. The van der Waals surface area contributed by atoms with Crippen LogP contribution in [0.15, 0.2) is 11.7 Å². The topological polar surface area (TPSA) is 59.2 Å². The zero-order chi connectivity index (χ0) is 11.4. The van der Waals surface area contributed by atoms with E-state index in [4.69, 9.17) is 5.73 Å². The van der Waals surface area contributed by atoms with Crippen molar-refractivity contribution in [3.05, 3.63) is 16.6 Å². The van der Waals surface area contributed by atoms with Crippen molar-refractivity contribution >= 4 is 17.2 Å². The molecule has 0 fully saturated rings. The first-order chi connectivity index (χ1) is 7.02. The third-order valence-corrected chi connectivity index (χ3v) is 2.87. The van der Waals surface area contributed by atoms with Crippen molar-refractivity contribution in [3.63, 3.8) is 0 Å². The van der Waals surface area contributed by atoms with Crippen molar-refractivity contribution in [2.75, 3.05) is 0 Å². The van der Waals surface area contributed by atoms with Crippen molar-refractivity contribution in [1.29, 1.82) is 0 Å². The average Bonchev–Trinajstić information content (AvgIpc) is 2.64. The number of amides is 1. The van der Waals surface area contributed by atoms with E-state index in [0.29, 0.717) is 6.54 Å². The zero-order valence-corrected chi connectivity index (χ0v) is 10.1. The van der Waals surface area contributed by atoms with Gasteiger partial charge in [0.2, 0.25) is 5.91 Å². The number of hydrogen-bond acceptors (Lipinski definition) is 4. The molecule has 1 aromatic heterocycles. The van der Waals surface area contributed by atoms with Crippen molar-refractivity contribution in [2.24, 2.45) is 5.73 Å². The Hall–Kier alpha value is -0.940. The number of thiazole rings is 1. The van der Waals surface area contributed by atoms with Crippen LogP contribution in [0.5, 0.6) is 0 Å². The molecule has 0 aliphatic rings. The van der Waals surface area contributed by atoms with Crippen molar-refractivity contribution < 1.29 is 4.79 Å². The normalized spacial score (nSPS) is 12.9. The van der Waals surface area contributed by atoms with Gasteiger partial charge < -0.3 is 10.6 Å². The molecule has 5 heteroatoms. The first-order valence-electron chi connectivity index (χ1n) is 4.95. The van der Waals surface area contributed by atoms with Crippen molar-refractivity contribution in [2.45, 2.75) is 39.4 Å². The lowest BCUT2D eigenvalue weighted by atomic mass is 10.2. The molecule has 0 bridgehead atoms. The molecule has 0 unspecified atom stereocenters. The predicted molar refractivity (Wildman–Crippen MR) is 61.4 cm³/mol. The third-order valence-electron chi connectivity index (χ3n) is 2.11. The molecular formula is C10H17N3OS. The molecule has 0 saturated carbocycles. The fourth-order valence-electron chi connectivity index (χ4n) is 1.26. The summed E-state index contributed by atoms with van der Waals surface area (Å²) < 4.78 is 0. The quantitative estimate of drug-likeness (QED) is 0.841. The van der Waals surface area contributed by atoms with Crippen molar-refractivity contribution in [3.8, 4) is 0 Å². The van der Waals surface area contributed by atoms with Crippen LogP contribution in [0.25, 0.3) is 0 Å². The van der Waals surface area contributed by atoms with E-state index in [1.54, 1.807) is 34.9 Å². The minimum absolute atomic E-state index is 0.0154. The van der Waals surface area contributed by atoms with Gasteiger partial charge in [0.1, 0.15) is 0 Å². The summed E-state index contributed by atoms with van der Waals surface area (Å²) in [6.45, 7) is 6.29. The Morgan fingerprint density at radius 1 is 1.60 bits per heavy atom. The molecule has 1 aromatic rings. The van der Waals surface area contributed by atoms with E-state index >= 15 is 0 Å². The van der Waals surface area contributed by atoms with Gasteiger partial charge in [-0.2, -0.15) is 0 Å². The fraction of sp³-hybridized carbons (Fsp3) is 0.600. The van der Waals surface area contributed by atoms with Gasteiger partial charge in [-0.25, -0.2) is 0 Å². The maximum absolute atomic E-state index is 11.8. The van der Waals surface area contributed by atoms with Gasteiger partial charge in [-0.15, -0.1) is 11.3 Å². The van der Waals surface area contributed by atoms with Gasteiger partial charge in [-0.1, -0.05) is 0 Å². The van der Waals surface area contributed by atoms with Crippen molar-refractivity contribution in [1.82, 2.24) is 9.88 Å². The molecule has 1 amide bonds. The average molecular weight is 227 g/mol. The second kappa shape index (κ2) is 5.23. The highest BCUT2D eigenvalue weighted by Gasteiger charge is 2.20. The summed E-state index contributed by atoms with van der Waals surface area (Å²) in [6.07, 6.45) is 1.79. The zero-order valence-electron chi connectivity index (χ0n) is 9.30. The highest BCUT2D eigenvalue weighted by atomic mass is 32.1. The van der Waals surface area contributed by atoms with E-state index in [-0.39, 0.29) is 11.9 Å². The van der Waals surface area contributed by atoms with E-state index in [9.17, 15) is 4.79 Å². The highest BCUT2D eigenvalue weighted by Crippen LogP contribution is 2.12. The molecule has 0 aromatic carbocycles. The molecule has 0 aliphatic heterocycles. The number of nitrogens with zero attached hydrogens (tertiary/aromatic N) is 2. The Kier molecular flexibility index (Phi) is 4.23. The van der Waals surface area contributed by atoms with Gasteiger partial charge in [0.25, 0.3) is 0 Å². The van der Waals surface area contributed by atoms with Gasteiger partial charge in [0.15, 0.2) is 0 Å². The molecule has 2 N–H and O–H groups in total. The van der Waals surface area contributed by atoms with Gasteiger partial charge in [0.05, 0.1) is 18.1 Å². The minimum atomic E-state index is -0.444. The lowest BCUT2D eigenvalue weighted by Crippen LogP contribution is -2.44. The van der Waals surface area contributed by atoms with E-state index in [2.05, 4.69) is 4.98 Å². The smallest absolute Gasteiger partial charge is 0.239 e. The summed E-state index contributed by atoms with van der Waals surface area (Å²) in [6, 6.07) is -0.286. The van der Waals surface area contributed by atoms with E-state index < -0.39 is 6.04 Å². The maximum Gasteiger partial charge on any atom is 0.239 e. The van der Waals surface area contributed by atoms with Crippen LogP contribution in [0.3, 0.4) is 0 Å². The number of carbonyl (C=O) groups excluding carboxylic acids is 1. The standard InChI is InChI=1S/C10H17N3OS/c1-7(2)13(10(14)8(3)11)5-9-4-12-6-15-9/h4,6-8H,5,11H2,1-3H3/t8-/m0/s1. The summed E-state index contributed by atoms with van der Waals surface area (Å²) >= 11 is 1.55. The second-order valence-corrected chi connectivity index (χ2v) is 4.79. The molecule has 0 radical (unpaired) electrons. The Morgan fingerprint density at radius 2 is 2.27 bits per heavy atom. The van der Waals surface area contributed by atoms with Gasteiger partial charge in [-0.3, -0.25) is 9.78 Å². The van der Waals surface area contributed by atoms with Crippen LogP contribution in [0.2, 0.25) is 0 Å². The summed E-state index contributed by atoms with van der Waals surface area (Å²) in [4.78, 5) is 18.6. The largest absolute Gasteiger partial charge is 0.334 e. The fourth-order valence-corrected chi connectivity index (χ4v) is 1.86. The molecule has 1 rings (SSSR count). The molecule has 0 spiro atoms. The first-order valence-corrected chi connectivity index (χ1v) is 5.83. The Morgan fingerprint density at radius 3 is 2.67 bits per heavy atom. The van der Waals surface area contributed by atoms with Gasteiger partial charge in [0, 0.05) is 17.1 Å². The molecule has 15 heavy (non-hydrogen) atoms. The number of aromatic nitrogens is 1. The molecule has 0 saturated heterocycles. The Labute approximate surface area is 94.1 Å².